The molecule has 0 spiro atoms. The van der Waals surface area contributed by atoms with Crippen molar-refractivity contribution in [3.63, 3.8) is 0 Å². The molecule has 0 aliphatic rings. The summed E-state index contributed by atoms with van der Waals surface area (Å²) in [7, 11) is 0. The lowest BCUT2D eigenvalue weighted by molar-refractivity contribution is -0.143. The molecule has 5 heteroatoms. The highest BCUT2D eigenvalue weighted by molar-refractivity contribution is 5.71. The number of esters is 1. The fourth-order valence-corrected chi connectivity index (χ4v) is 2.13. The topological polar surface area (TPSA) is 72.1 Å². The molecule has 0 aliphatic carbocycles. The van der Waals surface area contributed by atoms with Crippen molar-refractivity contribution in [3.05, 3.63) is 57.9 Å². The Kier molecular flexibility index (Phi) is 4.74. The van der Waals surface area contributed by atoms with Gasteiger partial charge in [0.15, 0.2) is 0 Å². The summed E-state index contributed by atoms with van der Waals surface area (Å²) in [5, 5.41) is 9.00. The van der Waals surface area contributed by atoms with Crippen LogP contribution < -0.4 is 5.56 Å². The van der Waals surface area contributed by atoms with Crippen molar-refractivity contribution in [1.29, 1.82) is 5.26 Å². The van der Waals surface area contributed by atoms with Crippen molar-refractivity contribution in [3.8, 4) is 17.3 Å². The zero-order chi connectivity index (χ0) is 16.1. The first-order valence-electron chi connectivity index (χ1n) is 6.93. The quantitative estimate of drug-likeness (QED) is 0.811. The number of hydrogen-bond donors (Lipinski definition) is 0. The zero-order valence-electron chi connectivity index (χ0n) is 12.5. The van der Waals surface area contributed by atoms with Gasteiger partial charge in [-0.15, -0.1) is 0 Å². The monoisotopic (exact) mass is 296 g/mol. The maximum Gasteiger partial charge on any atom is 0.326 e. The number of aryl methyl sites for hydroxylation is 1. The van der Waals surface area contributed by atoms with E-state index in [0.29, 0.717) is 5.69 Å². The summed E-state index contributed by atoms with van der Waals surface area (Å²) in [5.41, 5.74) is 1.99. The third-order valence-electron chi connectivity index (χ3n) is 3.23. The third-order valence-corrected chi connectivity index (χ3v) is 3.23. The average molecular weight is 296 g/mol. The molecule has 1 heterocycles. The molecule has 112 valence electrons. The Labute approximate surface area is 128 Å². The highest BCUT2D eigenvalue weighted by atomic mass is 16.5. The van der Waals surface area contributed by atoms with E-state index in [4.69, 9.17) is 10.00 Å². The predicted octanol–water partition coefficient (Wildman–Crippen LogP) is 2.26. The maximum atomic E-state index is 12.3. The van der Waals surface area contributed by atoms with Gasteiger partial charge in [0.25, 0.3) is 5.56 Å². The van der Waals surface area contributed by atoms with Gasteiger partial charge in [0.05, 0.1) is 12.3 Å². The molecule has 1 aromatic carbocycles. The normalized spacial score (nSPS) is 10.0. The van der Waals surface area contributed by atoms with E-state index in [2.05, 4.69) is 0 Å². The van der Waals surface area contributed by atoms with Gasteiger partial charge in [-0.25, -0.2) is 0 Å². The second-order valence-corrected chi connectivity index (χ2v) is 4.81. The number of hydrogen-bond acceptors (Lipinski definition) is 4. The Hall–Kier alpha value is -2.87. The summed E-state index contributed by atoms with van der Waals surface area (Å²) >= 11 is 0. The molecule has 2 aromatic rings. The smallest absolute Gasteiger partial charge is 0.326 e. The molecule has 0 fully saturated rings. The highest BCUT2D eigenvalue weighted by Gasteiger charge is 2.14. The summed E-state index contributed by atoms with van der Waals surface area (Å²) in [6, 6.07) is 12.6. The van der Waals surface area contributed by atoms with Crippen LogP contribution in [-0.4, -0.2) is 17.1 Å². The minimum absolute atomic E-state index is 0.000148. The van der Waals surface area contributed by atoms with Crippen molar-refractivity contribution in [2.75, 3.05) is 6.61 Å². The molecule has 22 heavy (non-hydrogen) atoms. The summed E-state index contributed by atoms with van der Waals surface area (Å²) in [6.45, 7) is 3.69. The van der Waals surface area contributed by atoms with Crippen molar-refractivity contribution in [2.24, 2.45) is 0 Å². The van der Waals surface area contributed by atoms with Crippen molar-refractivity contribution >= 4 is 5.97 Å². The minimum atomic E-state index is -0.506. The zero-order valence-corrected chi connectivity index (χ0v) is 12.5. The second kappa shape index (κ2) is 6.72. The predicted molar refractivity (Wildman–Crippen MR) is 82.2 cm³/mol. The average Bonchev–Trinajstić information content (AvgIpc) is 2.50. The SMILES string of the molecule is CCOC(=O)Cn1c(-c2ccc(C)cc2)ccc(C#N)c1=O. The van der Waals surface area contributed by atoms with E-state index >= 15 is 0 Å². The van der Waals surface area contributed by atoms with Crippen LogP contribution in [0.4, 0.5) is 0 Å². The Bertz CT molecular complexity index is 783. The summed E-state index contributed by atoms with van der Waals surface area (Å²) in [4.78, 5) is 24.1. The molecule has 0 saturated heterocycles. The van der Waals surface area contributed by atoms with Crippen LogP contribution in [0.25, 0.3) is 11.3 Å². The lowest BCUT2D eigenvalue weighted by atomic mass is 10.1. The van der Waals surface area contributed by atoms with Crippen molar-refractivity contribution in [2.45, 2.75) is 20.4 Å². The number of carbonyl (C=O) groups is 1. The van der Waals surface area contributed by atoms with Gasteiger partial charge in [0, 0.05) is 0 Å². The van der Waals surface area contributed by atoms with E-state index < -0.39 is 11.5 Å². The lowest BCUT2D eigenvalue weighted by Crippen LogP contribution is -2.28. The number of carbonyl (C=O) groups excluding carboxylic acids is 1. The first-order valence-corrected chi connectivity index (χ1v) is 6.93. The number of aromatic nitrogens is 1. The van der Waals surface area contributed by atoms with Crippen LogP contribution in [0, 0.1) is 18.3 Å². The molecule has 2 rings (SSSR count). The Morgan fingerprint density at radius 1 is 1.23 bits per heavy atom. The van der Waals surface area contributed by atoms with E-state index in [0.717, 1.165) is 11.1 Å². The van der Waals surface area contributed by atoms with Gasteiger partial charge in [-0.1, -0.05) is 29.8 Å². The van der Waals surface area contributed by atoms with E-state index in [1.807, 2.05) is 37.3 Å². The summed E-state index contributed by atoms with van der Waals surface area (Å²) in [6.07, 6.45) is 0. The van der Waals surface area contributed by atoms with Crippen LogP contribution in [0.1, 0.15) is 18.1 Å². The molecule has 5 nitrogen and oxygen atoms in total. The molecule has 0 radical (unpaired) electrons. The van der Waals surface area contributed by atoms with Gasteiger partial charge >= 0.3 is 5.97 Å². The van der Waals surface area contributed by atoms with Crippen LogP contribution >= 0.6 is 0 Å². The largest absolute Gasteiger partial charge is 0.465 e. The summed E-state index contributed by atoms with van der Waals surface area (Å²) in [5.74, 6) is -0.506. The number of pyridine rings is 1. The van der Waals surface area contributed by atoms with Gasteiger partial charge in [0.2, 0.25) is 0 Å². The lowest BCUT2D eigenvalue weighted by Gasteiger charge is -2.13. The molecule has 0 bridgehead atoms. The molecule has 0 aliphatic heterocycles. The van der Waals surface area contributed by atoms with Crippen LogP contribution in [0.15, 0.2) is 41.2 Å². The highest BCUT2D eigenvalue weighted by Crippen LogP contribution is 2.19. The number of rotatable bonds is 4. The molecular formula is C17H16N2O3. The Morgan fingerprint density at radius 3 is 2.50 bits per heavy atom. The van der Waals surface area contributed by atoms with Gasteiger partial charge in [-0.2, -0.15) is 5.26 Å². The number of nitrogens with zero attached hydrogens (tertiary/aromatic N) is 2. The second-order valence-electron chi connectivity index (χ2n) is 4.81. The standard InChI is InChI=1S/C17H16N2O3/c1-3-22-16(20)11-19-15(9-8-14(10-18)17(19)21)13-6-4-12(2)5-7-13/h4-9H,3,11H2,1-2H3. The summed E-state index contributed by atoms with van der Waals surface area (Å²) < 4.78 is 6.18. The number of nitriles is 1. The molecule has 0 N–H and O–H groups in total. The first-order chi connectivity index (χ1) is 10.6. The fourth-order valence-electron chi connectivity index (χ4n) is 2.13. The van der Waals surface area contributed by atoms with Gasteiger partial charge in [-0.3, -0.25) is 14.2 Å². The van der Waals surface area contributed by atoms with E-state index in [-0.39, 0.29) is 18.7 Å². The molecule has 0 unspecified atom stereocenters. The number of benzene rings is 1. The minimum Gasteiger partial charge on any atom is -0.465 e. The van der Waals surface area contributed by atoms with Crippen LogP contribution in [0.5, 0.6) is 0 Å². The maximum absolute atomic E-state index is 12.3. The van der Waals surface area contributed by atoms with Crippen LogP contribution in [0.3, 0.4) is 0 Å². The van der Waals surface area contributed by atoms with E-state index in [1.165, 1.54) is 10.6 Å². The molecular weight excluding hydrogens is 280 g/mol. The van der Waals surface area contributed by atoms with Crippen molar-refractivity contribution < 1.29 is 9.53 Å². The third kappa shape index (κ3) is 3.23. The fraction of sp³-hybridized carbons (Fsp3) is 0.235. The Balaban J connectivity index is 2.56. The first kappa shape index (κ1) is 15.5. The molecule has 1 aromatic heterocycles. The molecule has 0 atom stereocenters. The van der Waals surface area contributed by atoms with Crippen LogP contribution in [0.2, 0.25) is 0 Å². The molecule has 0 saturated carbocycles. The van der Waals surface area contributed by atoms with E-state index in [9.17, 15) is 9.59 Å². The number of ether oxygens (including phenoxy) is 1. The van der Waals surface area contributed by atoms with E-state index in [1.54, 1.807) is 13.0 Å². The van der Waals surface area contributed by atoms with Crippen LogP contribution in [-0.2, 0) is 16.1 Å². The molecule has 0 amide bonds. The Morgan fingerprint density at radius 2 is 1.91 bits per heavy atom. The van der Waals surface area contributed by atoms with Gasteiger partial charge < -0.3 is 4.74 Å². The van der Waals surface area contributed by atoms with Gasteiger partial charge in [-0.05, 0) is 31.5 Å². The van der Waals surface area contributed by atoms with Gasteiger partial charge in [0.1, 0.15) is 18.2 Å². The van der Waals surface area contributed by atoms with Crippen molar-refractivity contribution in [1.82, 2.24) is 4.57 Å².